The van der Waals surface area contributed by atoms with Crippen LogP contribution in [0.3, 0.4) is 0 Å². The van der Waals surface area contributed by atoms with E-state index in [1.165, 1.54) is 72.5 Å². The van der Waals surface area contributed by atoms with Gasteiger partial charge in [-0.15, -0.1) is 0 Å². The summed E-state index contributed by atoms with van der Waals surface area (Å²) in [5, 5.41) is 0. The average molecular weight is 696 g/mol. The largest absolute Gasteiger partial charge is 0.264 e. The summed E-state index contributed by atoms with van der Waals surface area (Å²) in [5.74, 6) is 0.659. The Morgan fingerprint density at radius 1 is 0.574 bits per heavy atom. The highest BCUT2D eigenvalue weighted by atomic mass is 14.9. The minimum atomic E-state index is -0.106. The van der Waals surface area contributed by atoms with Gasteiger partial charge in [0.2, 0.25) is 0 Å². The lowest BCUT2D eigenvalue weighted by Crippen LogP contribution is -2.20. The molecule has 0 amide bonds. The fraction of sp³-hybridized carbons (Fsp3) is 0.157. The Labute approximate surface area is 317 Å². The molecule has 1 fully saturated rings. The van der Waals surface area contributed by atoms with Gasteiger partial charge in [0.1, 0.15) is 0 Å². The summed E-state index contributed by atoms with van der Waals surface area (Å²) in [5.41, 5.74) is 17.3. The standard InChI is InChI=1S/C51H41N3/c1-2-5-13-36(12-4-1)38-17-9-19-40(27-38)47-31-45(39-18-8-16-37(26-39)35-14-6-3-7-15-35)32-48-49(47)54-50(51(48)22-23-51)46-29-43(41-20-10-24-52-33-41)28-44(30-46)42-21-11-25-53-34-42/h1-11,14-21,24-27,29-34,36,43H,12-13,22-23,28H2. The van der Waals surface area contributed by atoms with Crippen molar-refractivity contribution < 1.29 is 0 Å². The normalized spacial score (nSPS) is 18.4. The van der Waals surface area contributed by atoms with Gasteiger partial charge in [-0.25, -0.2) is 0 Å². The van der Waals surface area contributed by atoms with Crippen LogP contribution < -0.4 is 0 Å². The number of benzene rings is 4. The maximum atomic E-state index is 5.73. The van der Waals surface area contributed by atoms with Crippen LogP contribution in [-0.2, 0) is 5.41 Å². The number of aromatic nitrogens is 2. The third-order valence-corrected chi connectivity index (χ3v) is 11.8. The van der Waals surface area contributed by atoms with Crippen molar-refractivity contribution in [3.63, 3.8) is 0 Å². The monoisotopic (exact) mass is 695 g/mol. The number of hydrogen-bond acceptors (Lipinski definition) is 3. The fourth-order valence-corrected chi connectivity index (χ4v) is 8.82. The SMILES string of the molecule is C1=CCC(c2cccc(-c3cc(-c4cccc(-c5ccccc5)c4)cc4c3N=C(C3=CC(c5cccnc5)CC(c5cccnc5)=C3)C43CC3)c2)CC=C1. The highest BCUT2D eigenvalue weighted by Crippen LogP contribution is 2.61. The first-order chi connectivity index (χ1) is 26.7. The molecule has 1 spiro atoms. The van der Waals surface area contributed by atoms with Gasteiger partial charge < -0.3 is 0 Å². The molecule has 0 saturated heterocycles. The minimum Gasteiger partial charge on any atom is -0.264 e. The van der Waals surface area contributed by atoms with E-state index >= 15 is 0 Å². The van der Waals surface area contributed by atoms with Gasteiger partial charge in [0.15, 0.2) is 0 Å². The number of nitrogens with zero attached hydrogens (tertiary/aromatic N) is 3. The van der Waals surface area contributed by atoms with E-state index in [-0.39, 0.29) is 11.3 Å². The van der Waals surface area contributed by atoms with Gasteiger partial charge in [0.05, 0.1) is 11.4 Å². The van der Waals surface area contributed by atoms with Crippen molar-refractivity contribution in [3.05, 3.63) is 204 Å². The molecule has 3 nitrogen and oxygen atoms in total. The quantitative estimate of drug-likeness (QED) is 0.167. The highest BCUT2D eigenvalue weighted by Gasteiger charge is 2.54. The number of allylic oxidation sites excluding steroid dienone is 8. The van der Waals surface area contributed by atoms with Gasteiger partial charge in [-0.1, -0.05) is 115 Å². The van der Waals surface area contributed by atoms with Gasteiger partial charge in [0.25, 0.3) is 0 Å². The van der Waals surface area contributed by atoms with Gasteiger partial charge in [-0.3, -0.25) is 15.0 Å². The number of aliphatic imine (C=N–C) groups is 1. The molecule has 0 bridgehead atoms. The molecule has 54 heavy (non-hydrogen) atoms. The van der Waals surface area contributed by atoms with Crippen LogP contribution in [0.1, 0.15) is 66.2 Å². The Balaban J connectivity index is 1.14. The van der Waals surface area contributed by atoms with Crippen LogP contribution in [0.5, 0.6) is 0 Å². The van der Waals surface area contributed by atoms with Crippen molar-refractivity contribution in [1.82, 2.24) is 9.97 Å². The molecule has 6 aromatic rings. The summed E-state index contributed by atoms with van der Waals surface area (Å²) < 4.78 is 0. The second kappa shape index (κ2) is 13.7. The van der Waals surface area contributed by atoms with E-state index in [1.807, 2.05) is 36.9 Å². The molecule has 0 N–H and O–H groups in total. The molecule has 1 aliphatic heterocycles. The Bertz CT molecular complexity index is 2500. The van der Waals surface area contributed by atoms with Crippen molar-refractivity contribution in [2.45, 2.75) is 49.4 Å². The van der Waals surface area contributed by atoms with Crippen molar-refractivity contribution in [3.8, 4) is 33.4 Å². The lowest BCUT2D eigenvalue weighted by atomic mass is 9.78. The number of rotatable bonds is 7. The van der Waals surface area contributed by atoms with E-state index in [9.17, 15) is 0 Å². The molecular formula is C51H41N3. The first-order valence-electron chi connectivity index (χ1n) is 19.3. The summed E-state index contributed by atoms with van der Waals surface area (Å²) in [6, 6.07) is 42.3. The second-order valence-corrected chi connectivity index (χ2v) is 15.2. The summed E-state index contributed by atoms with van der Waals surface area (Å²) >= 11 is 0. The predicted molar refractivity (Wildman–Crippen MR) is 223 cm³/mol. The Kier molecular flexibility index (Phi) is 8.21. The highest BCUT2D eigenvalue weighted by molar-refractivity contribution is 6.18. The fourth-order valence-electron chi connectivity index (χ4n) is 8.82. The van der Waals surface area contributed by atoms with Crippen LogP contribution in [-0.4, -0.2) is 15.7 Å². The summed E-state index contributed by atoms with van der Waals surface area (Å²) in [4.78, 5) is 14.7. The van der Waals surface area contributed by atoms with Crippen molar-refractivity contribution >= 4 is 17.0 Å². The maximum Gasteiger partial charge on any atom is 0.0754 e. The molecule has 3 aliphatic carbocycles. The van der Waals surface area contributed by atoms with Crippen LogP contribution in [0.15, 0.2) is 187 Å². The molecule has 1 saturated carbocycles. The molecule has 10 rings (SSSR count). The average Bonchev–Trinajstić information content (AvgIpc) is 4.04. The topological polar surface area (TPSA) is 38.1 Å². The second-order valence-electron chi connectivity index (χ2n) is 15.2. The molecule has 3 heteroatoms. The van der Waals surface area contributed by atoms with Crippen molar-refractivity contribution in [1.29, 1.82) is 0 Å². The van der Waals surface area contributed by atoms with E-state index in [2.05, 4.69) is 150 Å². The van der Waals surface area contributed by atoms with Crippen molar-refractivity contribution in [2.75, 3.05) is 0 Å². The zero-order chi connectivity index (χ0) is 35.9. The van der Waals surface area contributed by atoms with Crippen LogP contribution in [0.2, 0.25) is 0 Å². The number of hydrogen-bond donors (Lipinski definition) is 0. The molecule has 260 valence electrons. The lowest BCUT2D eigenvalue weighted by molar-refractivity contribution is 0.717. The first-order valence-corrected chi connectivity index (χ1v) is 19.3. The van der Waals surface area contributed by atoms with Crippen LogP contribution in [0.25, 0.3) is 39.0 Å². The zero-order valence-electron chi connectivity index (χ0n) is 30.3. The van der Waals surface area contributed by atoms with E-state index in [0.29, 0.717) is 5.92 Å². The van der Waals surface area contributed by atoms with E-state index < -0.39 is 0 Å². The van der Waals surface area contributed by atoms with Gasteiger partial charge >= 0.3 is 0 Å². The number of pyridine rings is 2. The Hall–Kier alpha value is -6.19. The predicted octanol–water partition coefficient (Wildman–Crippen LogP) is 12.8. The van der Waals surface area contributed by atoms with E-state index in [0.717, 1.165) is 37.8 Å². The molecule has 0 radical (unpaired) electrons. The third kappa shape index (κ3) is 6.00. The van der Waals surface area contributed by atoms with Crippen LogP contribution >= 0.6 is 0 Å². The molecule has 4 aliphatic rings. The minimum absolute atomic E-state index is 0.106. The smallest absolute Gasteiger partial charge is 0.0754 e. The molecule has 4 aromatic carbocycles. The van der Waals surface area contributed by atoms with Crippen LogP contribution in [0, 0.1) is 0 Å². The van der Waals surface area contributed by atoms with Gasteiger partial charge in [0, 0.05) is 41.7 Å². The zero-order valence-corrected chi connectivity index (χ0v) is 30.3. The summed E-state index contributed by atoms with van der Waals surface area (Å²) in [6.07, 6.45) is 26.7. The van der Waals surface area contributed by atoms with E-state index in [4.69, 9.17) is 4.99 Å². The third-order valence-electron chi connectivity index (χ3n) is 11.8. The van der Waals surface area contributed by atoms with E-state index in [1.54, 1.807) is 0 Å². The van der Waals surface area contributed by atoms with Gasteiger partial charge in [-0.05, 0) is 136 Å². The first kappa shape index (κ1) is 32.5. The summed E-state index contributed by atoms with van der Waals surface area (Å²) in [6.45, 7) is 0. The van der Waals surface area contributed by atoms with Crippen molar-refractivity contribution in [2.24, 2.45) is 4.99 Å². The van der Waals surface area contributed by atoms with Gasteiger partial charge in [-0.2, -0.15) is 0 Å². The summed E-state index contributed by atoms with van der Waals surface area (Å²) in [7, 11) is 0. The van der Waals surface area contributed by atoms with Crippen LogP contribution in [0.4, 0.5) is 5.69 Å². The molecule has 3 heterocycles. The Morgan fingerprint density at radius 3 is 2.04 bits per heavy atom. The Morgan fingerprint density at radius 2 is 1.28 bits per heavy atom. The number of fused-ring (bicyclic) bond motifs is 2. The lowest BCUT2D eigenvalue weighted by Gasteiger charge is -2.24. The molecule has 1 unspecified atom stereocenters. The molecular weight excluding hydrogens is 655 g/mol. The molecule has 2 aromatic heterocycles. The maximum absolute atomic E-state index is 5.73. The molecule has 1 atom stereocenters.